The lowest BCUT2D eigenvalue weighted by molar-refractivity contribution is 0.102. The third kappa shape index (κ3) is 2.78. The number of fused-ring (bicyclic) bond motifs is 2. The molecule has 2 bridgehead atoms. The molecule has 116 valence electrons. The lowest BCUT2D eigenvalue weighted by Crippen LogP contribution is -2.49. The average molecular weight is 278 g/mol. The van der Waals surface area contributed by atoms with Gasteiger partial charge in [0.25, 0.3) is 0 Å². The fraction of sp³-hybridized carbons (Fsp3) is 1.00. The van der Waals surface area contributed by atoms with Crippen molar-refractivity contribution in [1.29, 1.82) is 0 Å². The van der Waals surface area contributed by atoms with Crippen LogP contribution in [0.3, 0.4) is 0 Å². The van der Waals surface area contributed by atoms with Gasteiger partial charge in [-0.25, -0.2) is 0 Å². The number of hydrogen-bond acceptors (Lipinski definition) is 2. The van der Waals surface area contributed by atoms with Gasteiger partial charge in [0.2, 0.25) is 0 Å². The normalized spacial score (nSPS) is 42.9. The van der Waals surface area contributed by atoms with Crippen LogP contribution in [0, 0.1) is 35.0 Å². The van der Waals surface area contributed by atoms with E-state index < -0.39 is 0 Å². The number of rotatable bonds is 3. The van der Waals surface area contributed by atoms with Crippen LogP contribution in [0.25, 0.3) is 0 Å². The van der Waals surface area contributed by atoms with Gasteiger partial charge in [0, 0.05) is 6.04 Å². The van der Waals surface area contributed by atoms with Crippen molar-refractivity contribution < 1.29 is 0 Å². The third-order valence-electron chi connectivity index (χ3n) is 6.95. The van der Waals surface area contributed by atoms with E-state index in [1.807, 2.05) is 0 Å². The smallest absolute Gasteiger partial charge is 0.0269 e. The maximum Gasteiger partial charge on any atom is 0.0269 e. The van der Waals surface area contributed by atoms with E-state index >= 15 is 0 Å². The Morgan fingerprint density at radius 3 is 2.10 bits per heavy atom. The molecule has 3 fully saturated rings. The number of nitrogens with one attached hydrogen (secondary N) is 1. The van der Waals surface area contributed by atoms with Crippen LogP contribution in [0.4, 0.5) is 0 Å². The van der Waals surface area contributed by atoms with E-state index in [9.17, 15) is 0 Å². The SMILES string of the molecule is CC(C)(C)C1CCC(C(NN)C2CC3CCC2C3)CC1. The third-order valence-corrected chi connectivity index (χ3v) is 6.95. The molecule has 2 heteroatoms. The Morgan fingerprint density at radius 1 is 0.950 bits per heavy atom. The Hall–Kier alpha value is -0.0800. The van der Waals surface area contributed by atoms with Crippen LogP contribution in [0.5, 0.6) is 0 Å². The summed E-state index contributed by atoms with van der Waals surface area (Å²) in [5.41, 5.74) is 3.74. The van der Waals surface area contributed by atoms with E-state index in [-0.39, 0.29) is 0 Å². The van der Waals surface area contributed by atoms with E-state index in [0.717, 1.165) is 29.6 Å². The lowest BCUT2D eigenvalue weighted by Gasteiger charge is -2.42. The zero-order chi connectivity index (χ0) is 14.3. The molecule has 0 radical (unpaired) electrons. The molecule has 0 amide bonds. The monoisotopic (exact) mass is 278 g/mol. The van der Waals surface area contributed by atoms with E-state index in [1.165, 1.54) is 51.4 Å². The van der Waals surface area contributed by atoms with E-state index in [2.05, 4.69) is 26.2 Å². The van der Waals surface area contributed by atoms with Gasteiger partial charge in [-0.2, -0.15) is 0 Å². The molecule has 0 saturated heterocycles. The van der Waals surface area contributed by atoms with Crippen LogP contribution in [0.15, 0.2) is 0 Å². The second-order valence-electron chi connectivity index (χ2n) is 9.01. The first kappa shape index (κ1) is 14.8. The van der Waals surface area contributed by atoms with Gasteiger partial charge < -0.3 is 0 Å². The molecule has 3 N–H and O–H groups in total. The molecule has 0 aliphatic heterocycles. The van der Waals surface area contributed by atoms with Crippen molar-refractivity contribution in [3.05, 3.63) is 0 Å². The van der Waals surface area contributed by atoms with Crippen LogP contribution in [-0.4, -0.2) is 6.04 Å². The molecule has 0 heterocycles. The Morgan fingerprint density at radius 2 is 1.65 bits per heavy atom. The Labute approximate surface area is 125 Å². The molecule has 3 aliphatic rings. The molecule has 20 heavy (non-hydrogen) atoms. The minimum Gasteiger partial charge on any atom is -0.271 e. The van der Waals surface area contributed by atoms with Crippen LogP contribution >= 0.6 is 0 Å². The predicted octanol–water partition coefficient (Wildman–Crippen LogP) is 4.11. The predicted molar refractivity (Wildman–Crippen MR) is 85.0 cm³/mol. The highest BCUT2D eigenvalue weighted by Crippen LogP contribution is 2.52. The van der Waals surface area contributed by atoms with E-state index in [4.69, 9.17) is 5.84 Å². The topological polar surface area (TPSA) is 38.0 Å². The molecule has 4 unspecified atom stereocenters. The van der Waals surface area contributed by atoms with Gasteiger partial charge in [-0.15, -0.1) is 0 Å². The molecule has 3 aliphatic carbocycles. The van der Waals surface area contributed by atoms with Gasteiger partial charge >= 0.3 is 0 Å². The van der Waals surface area contributed by atoms with Gasteiger partial charge in [-0.05, 0) is 80.0 Å². The summed E-state index contributed by atoms with van der Waals surface area (Å²) >= 11 is 0. The highest BCUT2D eigenvalue weighted by molar-refractivity contribution is 4.98. The minimum absolute atomic E-state index is 0.489. The highest BCUT2D eigenvalue weighted by atomic mass is 15.2. The average Bonchev–Trinajstić information content (AvgIpc) is 3.02. The molecular formula is C18H34N2. The summed E-state index contributed by atoms with van der Waals surface area (Å²) in [7, 11) is 0. The lowest BCUT2D eigenvalue weighted by atomic mass is 9.66. The summed E-state index contributed by atoms with van der Waals surface area (Å²) in [6, 6.07) is 0.603. The van der Waals surface area contributed by atoms with Gasteiger partial charge in [-0.3, -0.25) is 11.3 Å². The van der Waals surface area contributed by atoms with E-state index in [0.29, 0.717) is 11.5 Å². The Bertz CT molecular complexity index is 325. The Kier molecular flexibility index (Phi) is 4.16. The van der Waals surface area contributed by atoms with Crippen molar-refractivity contribution in [3.63, 3.8) is 0 Å². The van der Waals surface area contributed by atoms with Gasteiger partial charge in [-0.1, -0.05) is 27.2 Å². The maximum atomic E-state index is 5.99. The first-order valence-corrected chi connectivity index (χ1v) is 8.95. The summed E-state index contributed by atoms with van der Waals surface area (Å²) in [6.07, 6.45) is 11.5. The van der Waals surface area contributed by atoms with Gasteiger partial charge in [0.05, 0.1) is 0 Å². The van der Waals surface area contributed by atoms with Crippen LogP contribution in [0.2, 0.25) is 0 Å². The van der Waals surface area contributed by atoms with Crippen molar-refractivity contribution in [2.45, 2.75) is 78.2 Å². The van der Waals surface area contributed by atoms with Crippen molar-refractivity contribution >= 4 is 0 Å². The molecule has 3 saturated carbocycles. The minimum atomic E-state index is 0.489. The number of hydrogen-bond donors (Lipinski definition) is 2. The first-order valence-electron chi connectivity index (χ1n) is 8.95. The first-order chi connectivity index (χ1) is 9.49. The second-order valence-corrected chi connectivity index (χ2v) is 9.01. The molecular weight excluding hydrogens is 244 g/mol. The standard InChI is InChI=1S/C18H34N2/c1-18(2,3)15-8-6-13(7-9-15)17(20-19)16-11-12-4-5-14(16)10-12/h12-17,20H,4-11,19H2,1-3H3. The van der Waals surface area contributed by atoms with Crippen LogP contribution in [0.1, 0.15) is 72.1 Å². The molecule has 3 rings (SSSR count). The molecule has 2 nitrogen and oxygen atoms in total. The fourth-order valence-corrected chi connectivity index (χ4v) is 5.69. The highest BCUT2D eigenvalue weighted by Gasteiger charge is 2.45. The Balaban J connectivity index is 1.58. The summed E-state index contributed by atoms with van der Waals surface area (Å²) in [5.74, 6) is 10.6. The molecule has 4 atom stereocenters. The zero-order valence-electron chi connectivity index (χ0n) is 13.7. The molecule has 0 spiro atoms. The zero-order valence-corrected chi connectivity index (χ0v) is 13.7. The van der Waals surface area contributed by atoms with Gasteiger partial charge in [0.1, 0.15) is 0 Å². The molecule has 0 aromatic carbocycles. The van der Waals surface area contributed by atoms with E-state index in [1.54, 1.807) is 0 Å². The van der Waals surface area contributed by atoms with Crippen molar-refractivity contribution in [2.24, 2.45) is 40.8 Å². The van der Waals surface area contributed by atoms with Crippen molar-refractivity contribution in [1.82, 2.24) is 5.43 Å². The summed E-state index contributed by atoms with van der Waals surface area (Å²) < 4.78 is 0. The van der Waals surface area contributed by atoms with Gasteiger partial charge in [0.15, 0.2) is 0 Å². The molecule has 0 aromatic rings. The van der Waals surface area contributed by atoms with Crippen molar-refractivity contribution in [2.75, 3.05) is 0 Å². The summed E-state index contributed by atoms with van der Waals surface area (Å²) in [6.45, 7) is 7.23. The largest absolute Gasteiger partial charge is 0.271 e. The fourth-order valence-electron chi connectivity index (χ4n) is 5.69. The quantitative estimate of drug-likeness (QED) is 0.602. The van der Waals surface area contributed by atoms with Crippen molar-refractivity contribution in [3.8, 4) is 0 Å². The van der Waals surface area contributed by atoms with Crippen LogP contribution < -0.4 is 11.3 Å². The summed E-state index contributed by atoms with van der Waals surface area (Å²) in [4.78, 5) is 0. The molecule has 0 aromatic heterocycles. The number of hydrazine groups is 1. The second kappa shape index (κ2) is 5.61. The van der Waals surface area contributed by atoms with Crippen LogP contribution in [-0.2, 0) is 0 Å². The number of nitrogens with two attached hydrogens (primary N) is 1. The summed E-state index contributed by atoms with van der Waals surface area (Å²) in [5, 5.41) is 0. The maximum absolute atomic E-state index is 5.99.